The van der Waals surface area contributed by atoms with Crippen LogP contribution in [0.1, 0.15) is 59.8 Å². The second-order valence-electron chi connectivity index (χ2n) is 8.27. The minimum atomic E-state index is -0.167. The Bertz CT molecular complexity index is 425. The van der Waals surface area contributed by atoms with Crippen molar-refractivity contribution in [2.45, 2.75) is 78.0 Å². The van der Waals surface area contributed by atoms with Crippen molar-refractivity contribution in [2.24, 2.45) is 23.7 Å². The monoisotopic (exact) mass is 323 g/mol. The van der Waals surface area contributed by atoms with Gasteiger partial charge in [0.15, 0.2) is 0 Å². The number of hydrogen-bond donors (Lipinski definition) is 0. The van der Waals surface area contributed by atoms with Crippen molar-refractivity contribution in [3.63, 3.8) is 0 Å². The van der Waals surface area contributed by atoms with Gasteiger partial charge in [0, 0.05) is 6.54 Å². The van der Waals surface area contributed by atoms with E-state index in [-0.39, 0.29) is 18.2 Å². The number of amides is 1. The van der Waals surface area contributed by atoms with Crippen LogP contribution >= 0.6 is 0 Å². The topological polar surface area (TPSA) is 38.8 Å². The van der Waals surface area contributed by atoms with Gasteiger partial charge in [-0.2, -0.15) is 0 Å². The Labute approximate surface area is 140 Å². The molecule has 0 N–H and O–H groups in total. The lowest BCUT2D eigenvalue weighted by atomic mass is 9.91. The molecule has 1 aliphatic heterocycles. The van der Waals surface area contributed by atoms with Crippen molar-refractivity contribution in [3.05, 3.63) is 0 Å². The van der Waals surface area contributed by atoms with E-state index in [0.717, 1.165) is 30.7 Å². The zero-order valence-electron chi connectivity index (χ0n) is 15.2. The van der Waals surface area contributed by atoms with Gasteiger partial charge < -0.3 is 14.4 Å². The molecule has 3 fully saturated rings. The summed E-state index contributed by atoms with van der Waals surface area (Å²) < 4.78 is 11.7. The Kier molecular flexibility index (Phi) is 5.19. The van der Waals surface area contributed by atoms with Gasteiger partial charge >= 0.3 is 6.09 Å². The number of fused-ring (bicyclic) bond motifs is 1. The fourth-order valence-corrected chi connectivity index (χ4v) is 4.69. The molecule has 4 nitrogen and oxygen atoms in total. The number of piperidine rings is 1. The molecule has 6 atom stereocenters. The fourth-order valence-electron chi connectivity index (χ4n) is 4.69. The van der Waals surface area contributed by atoms with Gasteiger partial charge in [0.25, 0.3) is 0 Å². The molecule has 3 aliphatic rings. The zero-order valence-corrected chi connectivity index (χ0v) is 15.2. The van der Waals surface area contributed by atoms with Crippen molar-refractivity contribution in [1.29, 1.82) is 0 Å². The number of hydrogen-bond acceptors (Lipinski definition) is 3. The predicted octanol–water partition coefficient (Wildman–Crippen LogP) is 4.08. The van der Waals surface area contributed by atoms with Crippen molar-refractivity contribution < 1.29 is 14.3 Å². The molecule has 3 unspecified atom stereocenters. The Morgan fingerprint density at radius 1 is 1.17 bits per heavy atom. The lowest BCUT2D eigenvalue weighted by molar-refractivity contribution is -0.0362. The van der Waals surface area contributed by atoms with E-state index in [0.29, 0.717) is 18.6 Å². The number of ether oxygens (including phenoxy) is 2. The molecule has 0 bridgehead atoms. The molecule has 0 aromatic carbocycles. The summed E-state index contributed by atoms with van der Waals surface area (Å²) in [6, 6.07) is 0.171. The van der Waals surface area contributed by atoms with E-state index < -0.39 is 0 Å². The van der Waals surface area contributed by atoms with Crippen LogP contribution in [0.5, 0.6) is 0 Å². The van der Waals surface area contributed by atoms with E-state index >= 15 is 0 Å². The number of carbonyl (C=O) groups is 1. The van der Waals surface area contributed by atoms with E-state index in [1.54, 1.807) is 0 Å². The van der Waals surface area contributed by atoms with Gasteiger partial charge in [-0.25, -0.2) is 4.79 Å². The van der Waals surface area contributed by atoms with Crippen LogP contribution in [0.15, 0.2) is 0 Å². The number of rotatable bonds is 4. The molecule has 0 aromatic heterocycles. The van der Waals surface area contributed by atoms with E-state index in [1.165, 1.54) is 25.7 Å². The second kappa shape index (κ2) is 7.00. The van der Waals surface area contributed by atoms with Crippen molar-refractivity contribution in [1.82, 2.24) is 4.90 Å². The molecular formula is C19H33NO3. The molecule has 4 heteroatoms. The number of carbonyl (C=O) groups excluding carboxylic acids is 1. The van der Waals surface area contributed by atoms with Gasteiger partial charge in [-0.3, -0.25) is 0 Å². The molecule has 2 saturated carbocycles. The standard InChI is InChI=1S/C19H33NO3/c1-12(2)23-19(21)20-9-5-6-13(3)18(20)11-22-15-7-8-16-14(4)17(16)10-15/h12-18H,5-11H2,1-4H3/t13-,14+,15?,16?,17?,18-/m0/s1. The smallest absolute Gasteiger partial charge is 0.410 e. The Balaban J connectivity index is 1.53. The molecule has 1 saturated heterocycles. The van der Waals surface area contributed by atoms with Crippen LogP contribution in [0.4, 0.5) is 4.79 Å². The first-order valence-corrected chi connectivity index (χ1v) is 9.56. The van der Waals surface area contributed by atoms with Crippen molar-refractivity contribution in [2.75, 3.05) is 13.2 Å². The first-order valence-electron chi connectivity index (χ1n) is 9.56. The summed E-state index contributed by atoms with van der Waals surface area (Å²) in [4.78, 5) is 14.3. The fraction of sp³-hybridized carbons (Fsp3) is 0.947. The van der Waals surface area contributed by atoms with Crippen molar-refractivity contribution in [3.8, 4) is 0 Å². The molecule has 132 valence electrons. The molecule has 3 rings (SSSR count). The summed E-state index contributed by atoms with van der Waals surface area (Å²) in [6.45, 7) is 9.91. The Morgan fingerprint density at radius 3 is 2.65 bits per heavy atom. The number of nitrogens with zero attached hydrogens (tertiary/aromatic N) is 1. The second-order valence-corrected chi connectivity index (χ2v) is 8.27. The quantitative estimate of drug-likeness (QED) is 0.782. The minimum Gasteiger partial charge on any atom is -0.447 e. The molecule has 23 heavy (non-hydrogen) atoms. The normalized spacial score (nSPS) is 40.0. The van der Waals surface area contributed by atoms with Gasteiger partial charge in [-0.15, -0.1) is 0 Å². The third-order valence-electron chi connectivity index (χ3n) is 6.31. The summed E-state index contributed by atoms with van der Waals surface area (Å²) in [5.74, 6) is 3.27. The third kappa shape index (κ3) is 3.84. The van der Waals surface area contributed by atoms with E-state index in [2.05, 4.69) is 13.8 Å². The minimum absolute atomic E-state index is 0.0621. The summed E-state index contributed by atoms with van der Waals surface area (Å²) in [5.41, 5.74) is 0. The molecule has 1 heterocycles. The highest BCUT2D eigenvalue weighted by molar-refractivity contribution is 5.68. The third-order valence-corrected chi connectivity index (χ3v) is 6.31. The van der Waals surface area contributed by atoms with Gasteiger partial charge in [0.05, 0.1) is 24.9 Å². The van der Waals surface area contributed by atoms with Crippen LogP contribution in [0.3, 0.4) is 0 Å². The lowest BCUT2D eigenvalue weighted by Crippen LogP contribution is -2.51. The van der Waals surface area contributed by atoms with Gasteiger partial charge in [0.2, 0.25) is 0 Å². The predicted molar refractivity (Wildman–Crippen MR) is 90.2 cm³/mol. The van der Waals surface area contributed by atoms with Crippen LogP contribution in [-0.4, -0.2) is 42.4 Å². The molecule has 1 amide bonds. The SMILES string of the molecule is CC(C)OC(=O)N1CCC[C@H](C)[C@@H]1COC1CCC2C(C1)[C@@H]2C. The van der Waals surface area contributed by atoms with Crippen LogP contribution in [0.25, 0.3) is 0 Å². The summed E-state index contributed by atoms with van der Waals surface area (Å²) in [7, 11) is 0. The molecule has 0 radical (unpaired) electrons. The Morgan fingerprint density at radius 2 is 1.96 bits per heavy atom. The first kappa shape index (κ1) is 17.1. The maximum Gasteiger partial charge on any atom is 0.410 e. The van der Waals surface area contributed by atoms with Crippen LogP contribution in [0.2, 0.25) is 0 Å². The molecular weight excluding hydrogens is 290 g/mol. The lowest BCUT2D eigenvalue weighted by Gasteiger charge is -2.40. The zero-order chi connectivity index (χ0) is 16.6. The Hall–Kier alpha value is -0.770. The highest BCUT2D eigenvalue weighted by atomic mass is 16.6. The van der Waals surface area contributed by atoms with E-state index in [4.69, 9.17) is 9.47 Å². The van der Waals surface area contributed by atoms with Crippen LogP contribution < -0.4 is 0 Å². The number of likely N-dealkylation sites (tertiary alicyclic amines) is 1. The maximum absolute atomic E-state index is 12.4. The summed E-state index contributed by atoms with van der Waals surface area (Å²) in [6.07, 6.45) is 6.16. The first-order chi connectivity index (χ1) is 11.0. The van der Waals surface area contributed by atoms with Gasteiger partial charge in [-0.05, 0) is 69.6 Å². The summed E-state index contributed by atoms with van der Waals surface area (Å²) >= 11 is 0. The largest absolute Gasteiger partial charge is 0.447 e. The molecule has 2 aliphatic carbocycles. The van der Waals surface area contributed by atoms with Crippen molar-refractivity contribution >= 4 is 6.09 Å². The van der Waals surface area contributed by atoms with Crippen LogP contribution in [0, 0.1) is 23.7 Å². The van der Waals surface area contributed by atoms with E-state index in [9.17, 15) is 4.79 Å². The average Bonchev–Trinajstić information content (AvgIpc) is 3.15. The van der Waals surface area contributed by atoms with E-state index in [1.807, 2.05) is 18.7 Å². The molecule has 0 spiro atoms. The average molecular weight is 323 g/mol. The highest BCUT2D eigenvalue weighted by Crippen LogP contribution is 2.55. The van der Waals surface area contributed by atoms with Crippen LogP contribution in [-0.2, 0) is 9.47 Å². The van der Waals surface area contributed by atoms with Gasteiger partial charge in [0.1, 0.15) is 0 Å². The molecule has 0 aromatic rings. The summed E-state index contributed by atoms with van der Waals surface area (Å²) in [5, 5.41) is 0. The van der Waals surface area contributed by atoms with Gasteiger partial charge in [-0.1, -0.05) is 13.8 Å². The highest BCUT2D eigenvalue weighted by Gasteiger charge is 2.50. The maximum atomic E-state index is 12.4.